The maximum Gasteiger partial charge on any atom is 0.168 e. The Morgan fingerprint density at radius 3 is 2.00 bits per heavy atom. The molecule has 0 aliphatic heterocycles. The molecule has 0 aromatic heterocycles. The molecule has 0 fully saturated rings. The zero-order valence-corrected chi connectivity index (χ0v) is 10.7. The van der Waals surface area contributed by atoms with Gasteiger partial charge in [0.1, 0.15) is 0 Å². The van der Waals surface area contributed by atoms with Gasteiger partial charge in [0, 0.05) is 19.1 Å². The Labute approximate surface area is 94.3 Å². The summed E-state index contributed by atoms with van der Waals surface area (Å²) in [5, 5.41) is 0. The number of hydrogen-bond donors (Lipinski definition) is 1. The zero-order valence-electron chi connectivity index (χ0n) is 10.7. The molecule has 0 aliphatic rings. The summed E-state index contributed by atoms with van der Waals surface area (Å²) >= 11 is 0. The molecule has 0 radical (unpaired) electrons. The van der Waals surface area contributed by atoms with Gasteiger partial charge in [0.15, 0.2) is 5.79 Å². The van der Waals surface area contributed by atoms with E-state index in [2.05, 4.69) is 6.92 Å². The molecule has 0 aliphatic carbocycles. The standard InChI is InChI=1S/C12H27NO2/c1-5-11(9-8-10-13)12(4,14-6-2)15-7-3/h11H,5-10,13H2,1-4H3. The first-order chi connectivity index (χ1) is 7.14. The quantitative estimate of drug-likeness (QED) is 0.604. The van der Waals surface area contributed by atoms with Crippen molar-refractivity contribution in [3.05, 3.63) is 0 Å². The van der Waals surface area contributed by atoms with Crippen LogP contribution in [0.4, 0.5) is 0 Å². The summed E-state index contributed by atoms with van der Waals surface area (Å²) in [6.45, 7) is 10.4. The highest BCUT2D eigenvalue weighted by Crippen LogP contribution is 2.30. The van der Waals surface area contributed by atoms with Crippen LogP contribution in [0.5, 0.6) is 0 Å². The molecule has 3 nitrogen and oxygen atoms in total. The lowest BCUT2D eigenvalue weighted by atomic mass is 9.91. The summed E-state index contributed by atoms with van der Waals surface area (Å²) in [6.07, 6.45) is 3.17. The number of nitrogens with two attached hydrogens (primary N) is 1. The van der Waals surface area contributed by atoms with Gasteiger partial charge in [-0.3, -0.25) is 0 Å². The highest BCUT2D eigenvalue weighted by Gasteiger charge is 2.33. The monoisotopic (exact) mass is 217 g/mol. The van der Waals surface area contributed by atoms with Crippen LogP contribution >= 0.6 is 0 Å². The van der Waals surface area contributed by atoms with Crippen LogP contribution in [0, 0.1) is 5.92 Å². The van der Waals surface area contributed by atoms with E-state index in [1.54, 1.807) is 0 Å². The lowest BCUT2D eigenvalue weighted by Crippen LogP contribution is -2.41. The van der Waals surface area contributed by atoms with Crippen molar-refractivity contribution in [3.8, 4) is 0 Å². The molecule has 0 saturated heterocycles. The highest BCUT2D eigenvalue weighted by molar-refractivity contribution is 4.74. The van der Waals surface area contributed by atoms with Crippen molar-refractivity contribution >= 4 is 0 Å². The molecular weight excluding hydrogens is 190 g/mol. The zero-order chi connectivity index (χ0) is 11.7. The first kappa shape index (κ1) is 14.9. The molecule has 0 heterocycles. The molecule has 0 amide bonds. The second-order valence-corrected chi connectivity index (χ2v) is 3.92. The van der Waals surface area contributed by atoms with E-state index in [0.717, 1.165) is 25.8 Å². The van der Waals surface area contributed by atoms with Crippen LogP contribution in [0.1, 0.15) is 47.0 Å². The molecule has 0 bridgehead atoms. The van der Waals surface area contributed by atoms with Gasteiger partial charge < -0.3 is 15.2 Å². The van der Waals surface area contributed by atoms with Crippen molar-refractivity contribution in [3.63, 3.8) is 0 Å². The molecular formula is C12H27NO2. The minimum atomic E-state index is -0.437. The van der Waals surface area contributed by atoms with Crippen LogP contribution < -0.4 is 5.73 Å². The molecule has 0 saturated carbocycles. The lowest BCUT2D eigenvalue weighted by molar-refractivity contribution is -0.253. The van der Waals surface area contributed by atoms with E-state index in [1.807, 2.05) is 20.8 Å². The minimum absolute atomic E-state index is 0.431. The number of rotatable bonds is 9. The molecule has 0 aromatic carbocycles. The van der Waals surface area contributed by atoms with Crippen LogP contribution in [-0.4, -0.2) is 25.5 Å². The van der Waals surface area contributed by atoms with Gasteiger partial charge in [0.05, 0.1) is 0 Å². The third-order valence-corrected chi connectivity index (χ3v) is 2.85. The average molecular weight is 217 g/mol. The molecule has 2 N–H and O–H groups in total. The van der Waals surface area contributed by atoms with E-state index < -0.39 is 5.79 Å². The van der Waals surface area contributed by atoms with Crippen LogP contribution in [0.15, 0.2) is 0 Å². The molecule has 0 aromatic rings. The van der Waals surface area contributed by atoms with Crippen molar-refractivity contribution in [2.75, 3.05) is 19.8 Å². The van der Waals surface area contributed by atoms with Crippen molar-refractivity contribution in [1.82, 2.24) is 0 Å². The lowest BCUT2D eigenvalue weighted by Gasteiger charge is -2.36. The van der Waals surface area contributed by atoms with Gasteiger partial charge in [0.25, 0.3) is 0 Å². The summed E-state index contributed by atoms with van der Waals surface area (Å²) in [5.41, 5.74) is 5.54. The van der Waals surface area contributed by atoms with Crippen LogP contribution in [0.25, 0.3) is 0 Å². The first-order valence-electron chi connectivity index (χ1n) is 6.12. The second-order valence-electron chi connectivity index (χ2n) is 3.92. The van der Waals surface area contributed by atoms with Crippen molar-refractivity contribution < 1.29 is 9.47 Å². The van der Waals surface area contributed by atoms with Gasteiger partial charge >= 0.3 is 0 Å². The highest BCUT2D eigenvalue weighted by atomic mass is 16.7. The fourth-order valence-electron chi connectivity index (χ4n) is 2.05. The third-order valence-electron chi connectivity index (χ3n) is 2.85. The molecule has 92 valence electrons. The van der Waals surface area contributed by atoms with E-state index in [4.69, 9.17) is 15.2 Å². The summed E-state index contributed by atoms with van der Waals surface area (Å²) in [7, 11) is 0. The Morgan fingerprint density at radius 1 is 1.13 bits per heavy atom. The van der Waals surface area contributed by atoms with E-state index in [-0.39, 0.29) is 0 Å². The van der Waals surface area contributed by atoms with E-state index >= 15 is 0 Å². The maximum atomic E-state index is 5.76. The van der Waals surface area contributed by atoms with Gasteiger partial charge in [-0.1, -0.05) is 6.92 Å². The Kier molecular flexibility index (Phi) is 8.02. The van der Waals surface area contributed by atoms with Gasteiger partial charge in [-0.25, -0.2) is 0 Å². The van der Waals surface area contributed by atoms with Gasteiger partial charge in [-0.2, -0.15) is 0 Å². The van der Waals surface area contributed by atoms with Crippen LogP contribution in [0.2, 0.25) is 0 Å². The average Bonchev–Trinajstić information content (AvgIpc) is 2.19. The first-order valence-corrected chi connectivity index (χ1v) is 6.12. The molecule has 3 heteroatoms. The maximum absolute atomic E-state index is 5.76. The molecule has 0 rings (SSSR count). The normalized spacial score (nSPS) is 14.2. The summed E-state index contributed by atoms with van der Waals surface area (Å²) < 4.78 is 11.5. The van der Waals surface area contributed by atoms with Crippen molar-refractivity contribution in [2.45, 2.75) is 52.7 Å². The smallest absolute Gasteiger partial charge is 0.168 e. The molecule has 1 atom stereocenters. The molecule has 15 heavy (non-hydrogen) atoms. The fourth-order valence-corrected chi connectivity index (χ4v) is 2.05. The van der Waals surface area contributed by atoms with Crippen molar-refractivity contribution in [2.24, 2.45) is 11.7 Å². The second kappa shape index (κ2) is 8.08. The summed E-state index contributed by atoms with van der Waals surface area (Å²) in [4.78, 5) is 0. The topological polar surface area (TPSA) is 44.5 Å². The number of ether oxygens (including phenoxy) is 2. The number of hydrogen-bond acceptors (Lipinski definition) is 3. The summed E-state index contributed by atoms with van der Waals surface area (Å²) in [6, 6.07) is 0. The Bertz CT molecular complexity index is 145. The summed E-state index contributed by atoms with van der Waals surface area (Å²) in [5.74, 6) is -0.00565. The Hall–Kier alpha value is -0.120. The molecule has 1 unspecified atom stereocenters. The van der Waals surface area contributed by atoms with Crippen LogP contribution in [0.3, 0.4) is 0 Å². The van der Waals surface area contributed by atoms with E-state index in [1.165, 1.54) is 0 Å². The Balaban J connectivity index is 4.37. The SMILES string of the molecule is CCOC(C)(OCC)C(CC)CCCN. The largest absolute Gasteiger partial charge is 0.350 e. The third kappa shape index (κ3) is 4.96. The van der Waals surface area contributed by atoms with E-state index in [9.17, 15) is 0 Å². The Morgan fingerprint density at radius 2 is 1.67 bits per heavy atom. The van der Waals surface area contributed by atoms with Crippen molar-refractivity contribution in [1.29, 1.82) is 0 Å². The van der Waals surface area contributed by atoms with Crippen LogP contribution in [-0.2, 0) is 9.47 Å². The van der Waals surface area contributed by atoms with Gasteiger partial charge in [-0.05, 0) is 46.6 Å². The van der Waals surface area contributed by atoms with E-state index in [0.29, 0.717) is 19.1 Å². The van der Waals surface area contributed by atoms with Gasteiger partial charge in [0.2, 0.25) is 0 Å². The minimum Gasteiger partial charge on any atom is -0.350 e. The predicted molar refractivity (Wildman–Crippen MR) is 63.7 cm³/mol. The van der Waals surface area contributed by atoms with Gasteiger partial charge in [-0.15, -0.1) is 0 Å². The predicted octanol–water partition coefficient (Wildman–Crippen LogP) is 2.54. The molecule has 0 spiro atoms. The fraction of sp³-hybridized carbons (Fsp3) is 1.00.